The van der Waals surface area contributed by atoms with Crippen LogP contribution in [0.2, 0.25) is 0 Å². The van der Waals surface area contributed by atoms with Crippen molar-refractivity contribution in [2.24, 2.45) is 5.41 Å². The second kappa shape index (κ2) is 8.76. The molecule has 4 rings (SSSR count). The summed E-state index contributed by atoms with van der Waals surface area (Å²) in [5, 5.41) is 0. The predicted octanol–water partition coefficient (Wildman–Crippen LogP) is 1.31. The summed E-state index contributed by atoms with van der Waals surface area (Å²) in [5.41, 5.74) is -7.24. The van der Waals surface area contributed by atoms with Gasteiger partial charge in [0.2, 0.25) is 0 Å². The Balaban J connectivity index is 1.31. The first-order valence-corrected chi connectivity index (χ1v) is 10.4. The van der Waals surface area contributed by atoms with Crippen LogP contribution in [0.3, 0.4) is 0 Å². The summed E-state index contributed by atoms with van der Waals surface area (Å²) in [4.78, 5) is 25.0. The maximum absolute atomic E-state index is 13.2. The van der Waals surface area contributed by atoms with Crippen molar-refractivity contribution >= 4 is 11.9 Å². The minimum absolute atomic E-state index is 0.0364. The van der Waals surface area contributed by atoms with E-state index in [2.05, 4.69) is 4.74 Å². The van der Waals surface area contributed by atoms with Gasteiger partial charge in [-0.25, -0.2) is 0 Å². The first kappa shape index (κ1) is 25.4. The molecule has 0 aromatic carbocycles. The lowest BCUT2D eigenvalue weighted by Crippen LogP contribution is -2.60. The molecule has 4 aliphatic rings. The number of ether oxygens (including phenoxy) is 7. The van der Waals surface area contributed by atoms with Gasteiger partial charge in [-0.3, -0.25) is 9.59 Å². The van der Waals surface area contributed by atoms with Crippen molar-refractivity contribution in [3.8, 4) is 0 Å². The summed E-state index contributed by atoms with van der Waals surface area (Å²) >= 11 is 0. The Labute approximate surface area is 188 Å². The van der Waals surface area contributed by atoms with Crippen molar-refractivity contribution < 1.29 is 69.1 Å². The third-order valence-corrected chi connectivity index (χ3v) is 6.29. The van der Waals surface area contributed by atoms with E-state index < -0.39 is 66.1 Å². The minimum atomic E-state index is -5.97. The molecular weight excluding hydrogens is 486 g/mol. The number of esters is 2. The van der Waals surface area contributed by atoms with Crippen molar-refractivity contribution in [1.82, 2.24) is 0 Å². The quantitative estimate of drug-likeness (QED) is 0.134. The number of carbonyl (C=O) groups excluding carboxylic acids is 2. The van der Waals surface area contributed by atoms with Crippen LogP contribution in [0.5, 0.6) is 0 Å². The average Bonchev–Trinajstić information content (AvgIpc) is 3.32. The van der Waals surface area contributed by atoms with E-state index in [0.29, 0.717) is 19.8 Å². The number of alkyl halides is 6. The van der Waals surface area contributed by atoms with Crippen LogP contribution in [0.1, 0.15) is 13.3 Å². The van der Waals surface area contributed by atoms with E-state index in [9.17, 15) is 35.9 Å². The number of carbonyl (C=O) groups is 2. The zero-order valence-electron chi connectivity index (χ0n) is 17.8. The number of fused-ring (bicyclic) bond motifs is 1. The lowest BCUT2D eigenvalue weighted by atomic mass is 9.74. The van der Waals surface area contributed by atoms with Gasteiger partial charge in [-0.1, -0.05) is 0 Å². The molecule has 4 aliphatic heterocycles. The summed E-state index contributed by atoms with van der Waals surface area (Å²) in [6.07, 6.45) is -16.8. The minimum Gasteiger partial charge on any atom is -0.456 e. The third-order valence-electron chi connectivity index (χ3n) is 6.29. The van der Waals surface area contributed by atoms with E-state index in [-0.39, 0.29) is 32.8 Å². The SMILES string of the molecule is CC(OC(=O)C12CC3OC1C(OC2=O)C3OCCOCCOCC1CO1)(C(F)(F)F)C(F)(F)F. The molecule has 194 valence electrons. The van der Waals surface area contributed by atoms with Gasteiger partial charge in [-0.05, 0) is 6.92 Å². The van der Waals surface area contributed by atoms with E-state index in [1.54, 1.807) is 0 Å². The molecule has 6 atom stereocenters. The highest BCUT2D eigenvalue weighted by Gasteiger charge is 2.79. The fraction of sp³-hybridized carbons (Fsp3) is 0.895. The van der Waals surface area contributed by atoms with Crippen LogP contribution in [0, 0.1) is 5.41 Å². The molecule has 34 heavy (non-hydrogen) atoms. The number of hydrogen-bond donors (Lipinski definition) is 0. The van der Waals surface area contributed by atoms with Gasteiger partial charge in [0, 0.05) is 6.42 Å². The summed E-state index contributed by atoms with van der Waals surface area (Å²) < 4.78 is 115. The highest BCUT2D eigenvalue weighted by atomic mass is 19.4. The second-order valence-corrected chi connectivity index (χ2v) is 8.54. The summed E-state index contributed by atoms with van der Waals surface area (Å²) in [5.74, 6) is -3.30. The maximum atomic E-state index is 13.2. The smallest absolute Gasteiger partial charge is 0.437 e. The monoisotopic (exact) mass is 508 g/mol. The van der Waals surface area contributed by atoms with E-state index in [0.717, 1.165) is 0 Å². The molecule has 15 heteroatoms. The van der Waals surface area contributed by atoms with E-state index >= 15 is 0 Å². The van der Waals surface area contributed by atoms with Gasteiger partial charge < -0.3 is 33.2 Å². The molecule has 4 fully saturated rings. The summed E-state index contributed by atoms with van der Waals surface area (Å²) in [6, 6.07) is 0. The highest BCUT2D eigenvalue weighted by Crippen LogP contribution is 2.57. The van der Waals surface area contributed by atoms with Crippen molar-refractivity contribution in [1.29, 1.82) is 0 Å². The molecular formula is C19H22F6O9. The molecule has 0 spiro atoms. The van der Waals surface area contributed by atoms with Gasteiger partial charge >= 0.3 is 24.3 Å². The number of epoxide rings is 1. The molecule has 9 nitrogen and oxygen atoms in total. The van der Waals surface area contributed by atoms with Crippen LogP contribution < -0.4 is 0 Å². The number of halogens is 6. The molecule has 4 heterocycles. The number of rotatable bonds is 11. The Morgan fingerprint density at radius 3 is 2.29 bits per heavy atom. The van der Waals surface area contributed by atoms with Crippen LogP contribution in [0.15, 0.2) is 0 Å². The fourth-order valence-corrected chi connectivity index (χ4v) is 4.16. The Morgan fingerprint density at radius 1 is 1.06 bits per heavy atom. The van der Waals surface area contributed by atoms with Crippen molar-refractivity contribution in [3.63, 3.8) is 0 Å². The van der Waals surface area contributed by atoms with Crippen LogP contribution >= 0.6 is 0 Å². The van der Waals surface area contributed by atoms with Crippen LogP contribution in [-0.4, -0.2) is 100 Å². The van der Waals surface area contributed by atoms with Gasteiger partial charge in [0.25, 0.3) is 5.60 Å². The molecule has 0 saturated carbocycles. The molecule has 0 aromatic rings. The molecule has 0 aromatic heterocycles. The zero-order chi connectivity index (χ0) is 24.9. The van der Waals surface area contributed by atoms with Crippen molar-refractivity contribution in [2.75, 3.05) is 39.6 Å². The molecule has 0 radical (unpaired) electrons. The van der Waals surface area contributed by atoms with Crippen LogP contribution in [-0.2, 0) is 42.7 Å². The predicted molar refractivity (Wildman–Crippen MR) is 93.3 cm³/mol. The van der Waals surface area contributed by atoms with Gasteiger partial charge in [-0.2, -0.15) is 26.3 Å². The van der Waals surface area contributed by atoms with Crippen molar-refractivity contribution in [3.05, 3.63) is 0 Å². The van der Waals surface area contributed by atoms with E-state index in [4.69, 9.17) is 28.4 Å². The lowest BCUT2D eigenvalue weighted by molar-refractivity contribution is -0.364. The van der Waals surface area contributed by atoms with Gasteiger partial charge in [-0.15, -0.1) is 0 Å². The molecule has 2 bridgehead atoms. The van der Waals surface area contributed by atoms with Gasteiger partial charge in [0.1, 0.15) is 18.3 Å². The molecule has 0 N–H and O–H groups in total. The Hall–Kier alpha value is -1.68. The molecule has 6 unspecified atom stereocenters. The second-order valence-electron chi connectivity index (χ2n) is 8.54. The fourth-order valence-electron chi connectivity index (χ4n) is 4.16. The average molecular weight is 508 g/mol. The van der Waals surface area contributed by atoms with Crippen LogP contribution in [0.4, 0.5) is 26.3 Å². The molecule has 0 aliphatic carbocycles. The highest BCUT2D eigenvalue weighted by molar-refractivity contribution is 6.03. The first-order valence-electron chi connectivity index (χ1n) is 10.4. The first-order chi connectivity index (χ1) is 15.8. The molecule has 4 saturated heterocycles. The maximum Gasteiger partial charge on any atom is 0.437 e. The molecule has 0 amide bonds. The van der Waals surface area contributed by atoms with Gasteiger partial charge in [0.15, 0.2) is 11.5 Å². The van der Waals surface area contributed by atoms with E-state index in [1.165, 1.54) is 0 Å². The topological polar surface area (TPSA) is 102 Å². The Bertz CT molecular complexity index is 784. The Kier molecular flexibility index (Phi) is 6.55. The largest absolute Gasteiger partial charge is 0.456 e. The lowest BCUT2D eigenvalue weighted by Gasteiger charge is -2.36. The van der Waals surface area contributed by atoms with Crippen molar-refractivity contribution in [2.45, 2.75) is 61.8 Å². The Morgan fingerprint density at radius 2 is 1.68 bits per heavy atom. The van der Waals surface area contributed by atoms with Gasteiger partial charge in [0.05, 0.1) is 45.7 Å². The zero-order valence-corrected chi connectivity index (χ0v) is 17.8. The van der Waals surface area contributed by atoms with Crippen LogP contribution in [0.25, 0.3) is 0 Å². The standard InChI is InChI=1S/C19H22F6O9/c1-16(18(20,21)22,19(23,24)25)34-15(27)17-6-10-11(12(13(17)32-10)33-14(17)26)30-5-4-28-2-3-29-7-9-8-31-9/h9-13H,2-8H2,1H3. The summed E-state index contributed by atoms with van der Waals surface area (Å²) in [6.45, 7) is 1.64. The summed E-state index contributed by atoms with van der Waals surface area (Å²) in [7, 11) is 0. The normalized spacial score (nSPS) is 34.4. The third kappa shape index (κ3) is 4.25. The number of hydrogen-bond acceptors (Lipinski definition) is 9. The van der Waals surface area contributed by atoms with E-state index in [1.807, 2.05) is 0 Å².